The molecule has 0 unspecified atom stereocenters. The van der Waals surface area contributed by atoms with Gasteiger partial charge in [0.25, 0.3) is 17.5 Å². The molecule has 3 rings (SSSR count). The molecule has 2 aromatic carbocycles. The number of anilines is 1. The molecule has 2 amide bonds. The Morgan fingerprint density at radius 3 is 2.68 bits per heavy atom. The van der Waals surface area contributed by atoms with Crippen LogP contribution in [-0.4, -0.2) is 48.0 Å². The van der Waals surface area contributed by atoms with E-state index < -0.39 is 11.0 Å². The first-order valence-electron chi connectivity index (χ1n) is 10.1. The Labute approximate surface area is 180 Å². The zero-order valence-electron chi connectivity index (χ0n) is 17.5. The second-order valence-corrected chi connectivity index (χ2v) is 7.20. The highest BCUT2D eigenvalue weighted by molar-refractivity contribution is 6.04. The number of hydrogen-bond donors (Lipinski definition) is 1. The molecule has 1 heterocycles. The minimum Gasteiger partial charge on any atom is -0.480 e. The minimum atomic E-state index is -0.552. The summed E-state index contributed by atoms with van der Waals surface area (Å²) in [5.74, 6) is 0.165. The molecule has 0 saturated carbocycles. The Kier molecular flexibility index (Phi) is 7.19. The largest absolute Gasteiger partial charge is 0.480 e. The van der Waals surface area contributed by atoms with Gasteiger partial charge in [0.2, 0.25) is 0 Å². The molecule has 164 valence electrons. The van der Waals surface area contributed by atoms with E-state index in [1.54, 1.807) is 30.2 Å². The molecule has 1 aliphatic rings. The Bertz CT molecular complexity index is 960. The summed E-state index contributed by atoms with van der Waals surface area (Å²) in [6.45, 7) is 3.38. The second-order valence-electron chi connectivity index (χ2n) is 7.20. The maximum absolute atomic E-state index is 12.8. The number of ether oxygens (including phenoxy) is 2. The lowest BCUT2D eigenvalue weighted by molar-refractivity contribution is -0.384. The van der Waals surface area contributed by atoms with Crippen molar-refractivity contribution in [2.24, 2.45) is 0 Å². The lowest BCUT2D eigenvalue weighted by Gasteiger charge is -2.23. The standard InChI is InChI=1S/C22H25N3O6/c1-3-19-22(27)24(11-4-12-30-2)14-16-13-17(7-10-20(16)31-19)23-21(26)15-5-8-18(9-6-15)25(28)29/h5-10,13,19H,3-4,11-12,14H2,1-2H3,(H,23,26)/t19-/m0/s1. The fourth-order valence-corrected chi connectivity index (χ4v) is 3.37. The quantitative estimate of drug-likeness (QED) is 0.393. The second kappa shape index (κ2) is 10.0. The number of nitrogens with one attached hydrogen (secondary N) is 1. The Morgan fingerprint density at radius 2 is 2.03 bits per heavy atom. The normalized spacial score (nSPS) is 15.6. The lowest BCUT2D eigenvalue weighted by Crippen LogP contribution is -2.40. The van der Waals surface area contributed by atoms with Crippen molar-refractivity contribution < 1.29 is 24.0 Å². The van der Waals surface area contributed by atoms with Crippen LogP contribution in [0.3, 0.4) is 0 Å². The average molecular weight is 427 g/mol. The summed E-state index contributed by atoms with van der Waals surface area (Å²) in [6, 6.07) is 10.6. The van der Waals surface area contributed by atoms with Gasteiger partial charge in [0, 0.05) is 55.8 Å². The number of nitrogens with zero attached hydrogens (tertiary/aromatic N) is 2. The average Bonchev–Trinajstić information content (AvgIpc) is 2.90. The fourth-order valence-electron chi connectivity index (χ4n) is 3.37. The number of methoxy groups -OCH3 is 1. The third-order valence-electron chi connectivity index (χ3n) is 5.02. The smallest absolute Gasteiger partial charge is 0.269 e. The summed E-state index contributed by atoms with van der Waals surface area (Å²) in [4.78, 5) is 37.3. The van der Waals surface area contributed by atoms with Crippen LogP contribution in [0, 0.1) is 10.1 Å². The fraction of sp³-hybridized carbons (Fsp3) is 0.364. The molecule has 31 heavy (non-hydrogen) atoms. The first kappa shape index (κ1) is 22.2. The first-order valence-corrected chi connectivity index (χ1v) is 10.1. The molecule has 0 radical (unpaired) electrons. The Balaban J connectivity index is 1.78. The van der Waals surface area contributed by atoms with Crippen molar-refractivity contribution in [1.29, 1.82) is 0 Å². The van der Waals surface area contributed by atoms with Crippen LogP contribution in [0.5, 0.6) is 5.75 Å². The van der Waals surface area contributed by atoms with E-state index in [0.29, 0.717) is 49.5 Å². The topological polar surface area (TPSA) is 111 Å². The van der Waals surface area contributed by atoms with Gasteiger partial charge >= 0.3 is 0 Å². The Hall–Kier alpha value is -3.46. The van der Waals surface area contributed by atoms with E-state index in [0.717, 1.165) is 5.56 Å². The van der Waals surface area contributed by atoms with Crippen LogP contribution >= 0.6 is 0 Å². The monoisotopic (exact) mass is 427 g/mol. The maximum Gasteiger partial charge on any atom is 0.269 e. The van der Waals surface area contributed by atoms with Crippen LogP contribution in [0.25, 0.3) is 0 Å². The van der Waals surface area contributed by atoms with Crippen molar-refractivity contribution in [3.05, 3.63) is 63.7 Å². The number of fused-ring (bicyclic) bond motifs is 1. The van der Waals surface area contributed by atoms with Gasteiger partial charge in [0.05, 0.1) is 4.92 Å². The maximum atomic E-state index is 12.8. The summed E-state index contributed by atoms with van der Waals surface area (Å²) < 4.78 is 11.0. The lowest BCUT2D eigenvalue weighted by atomic mass is 10.1. The SMILES string of the molecule is CC[C@@H]1Oc2ccc(NC(=O)c3ccc([N+](=O)[O-])cc3)cc2CN(CCCOC)C1=O. The zero-order valence-corrected chi connectivity index (χ0v) is 17.5. The molecule has 9 heteroatoms. The molecule has 0 spiro atoms. The third kappa shape index (κ3) is 5.37. The molecule has 0 aromatic heterocycles. The molecule has 1 aliphatic heterocycles. The van der Waals surface area contributed by atoms with Crippen molar-refractivity contribution in [1.82, 2.24) is 4.90 Å². The molecule has 1 atom stereocenters. The van der Waals surface area contributed by atoms with E-state index in [1.807, 2.05) is 6.92 Å². The van der Waals surface area contributed by atoms with E-state index >= 15 is 0 Å². The highest BCUT2D eigenvalue weighted by Crippen LogP contribution is 2.29. The van der Waals surface area contributed by atoms with Crippen LogP contribution in [0.4, 0.5) is 11.4 Å². The van der Waals surface area contributed by atoms with Crippen molar-refractivity contribution in [2.75, 3.05) is 25.6 Å². The van der Waals surface area contributed by atoms with E-state index in [2.05, 4.69) is 5.32 Å². The van der Waals surface area contributed by atoms with Gasteiger partial charge in [-0.1, -0.05) is 6.92 Å². The zero-order chi connectivity index (χ0) is 22.4. The third-order valence-corrected chi connectivity index (χ3v) is 5.02. The van der Waals surface area contributed by atoms with Gasteiger partial charge in [-0.25, -0.2) is 0 Å². The number of non-ortho nitro benzene ring substituents is 1. The van der Waals surface area contributed by atoms with Gasteiger partial charge in [0.15, 0.2) is 6.10 Å². The molecule has 1 N–H and O–H groups in total. The minimum absolute atomic E-state index is 0.0636. The van der Waals surface area contributed by atoms with Crippen LogP contribution in [-0.2, 0) is 16.1 Å². The molecule has 0 fully saturated rings. The highest BCUT2D eigenvalue weighted by atomic mass is 16.6. The van der Waals surface area contributed by atoms with Gasteiger partial charge in [-0.2, -0.15) is 0 Å². The molecule has 2 aromatic rings. The van der Waals surface area contributed by atoms with Crippen LogP contribution < -0.4 is 10.1 Å². The van der Waals surface area contributed by atoms with Gasteiger partial charge in [-0.05, 0) is 43.2 Å². The number of amides is 2. The van der Waals surface area contributed by atoms with E-state index in [1.165, 1.54) is 24.3 Å². The number of rotatable bonds is 8. The van der Waals surface area contributed by atoms with Crippen molar-refractivity contribution in [3.8, 4) is 5.75 Å². The highest BCUT2D eigenvalue weighted by Gasteiger charge is 2.29. The van der Waals surface area contributed by atoms with E-state index in [-0.39, 0.29) is 17.5 Å². The van der Waals surface area contributed by atoms with Crippen LogP contribution in [0.1, 0.15) is 35.7 Å². The number of hydrogen-bond acceptors (Lipinski definition) is 6. The summed E-state index contributed by atoms with van der Waals surface area (Å²) in [5, 5.41) is 13.6. The predicted molar refractivity (Wildman–Crippen MR) is 114 cm³/mol. The van der Waals surface area contributed by atoms with Crippen LogP contribution in [0.2, 0.25) is 0 Å². The molecule has 0 saturated heterocycles. The van der Waals surface area contributed by atoms with Gasteiger partial charge < -0.3 is 19.7 Å². The van der Waals surface area contributed by atoms with Gasteiger partial charge in [0.1, 0.15) is 5.75 Å². The van der Waals surface area contributed by atoms with Crippen molar-refractivity contribution >= 4 is 23.2 Å². The summed E-state index contributed by atoms with van der Waals surface area (Å²) in [5.41, 5.74) is 1.56. The number of nitro groups is 1. The first-order chi connectivity index (χ1) is 14.9. The number of carbonyl (C=O) groups is 2. The van der Waals surface area contributed by atoms with Gasteiger partial charge in [-0.15, -0.1) is 0 Å². The van der Waals surface area contributed by atoms with E-state index in [9.17, 15) is 19.7 Å². The number of nitro benzene ring substituents is 1. The van der Waals surface area contributed by atoms with Gasteiger partial charge in [-0.3, -0.25) is 19.7 Å². The predicted octanol–water partition coefficient (Wildman–Crippen LogP) is 3.38. The Morgan fingerprint density at radius 1 is 1.29 bits per heavy atom. The molecular formula is C22H25N3O6. The van der Waals surface area contributed by atoms with E-state index in [4.69, 9.17) is 9.47 Å². The molecule has 9 nitrogen and oxygen atoms in total. The van der Waals surface area contributed by atoms with Crippen LogP contribution in [0.15, 0.2) is 42.5 Å². The molecule has 0 bridgehead atoms. The molecular weight excluding hydrogens is 402 g/mol. The summed E-state index contributed by atoms with van der Waals surface area (Å²) in [6.07, 6.45) is 0.715. The van der Waals surface area contributed by atoms with Crippen molar-refractivity contribution in [3.63, 3.8) is 0 Å². The number of carbonyl (C=O) groups excluding carboxylic acids is 2. The summed E-state index contributed by atoms with van der Waals surface area (Å²) in [7, 11) is 1.62. The molecule has 0 aliphatic carbocycles. The number of benzene rings is 2. The van der Waals surface area contributed by atoms with Crippen molar-refractivity contribution in [2.45, 2.75) is 32.4 Å². The summed E-state index contributed by atoms with van der Waals surface area (Å²) >= 11 is 0.